The van der Waals surface area contributed by atoms with Gasteiger partial charge in [-0.3, -0.25) is 14.4 Å². The summed E-state index contributed by atoms with van der Waals surface area (Å²) in [6.45, 7) is 4.94. The molecule has 2 heterocycles. The van der Waals surface area contributed by atoms with Crippen molar-refractivity contribution < 1.29 is 19.1 Å². The number of amides is 3. The van der Waals surface area contributed by atoms with Crippen LogP contribution < -0.4 is 15.0 Å². The van der Waals surface area contributed by atoms with Gasteiger partial charge in [-0.15, -0.1) is 0 Å². The number of nitrogens with one attached hydrogen (secondary N) is 1. The van der Waals surface area contributed by atoms with Gasteiger partial charge in [0.05, 0.1) is 18.2 Å². The van der Waals surface area contributed by atoms with E-state index in [1.54, 1.807) is 9.80 Å². The topological polar surface area (TPSA) is 79.0 Å². The molecule has 0 saturated carbocycles. The molecule has 0 bridgehead atoms. The molecule has 1 atom stereocenters. The molecular weight excluding hydrogens is 394 g/mol. The molecule has 1 unspecified atom stereocenters. The summed E-state index contributed by atoms with van der Waals surface area (Å²) >= 11 is 0. The molecule has 1 N–H and O–H groups in total. The maximum absolute atomic E-state index is 12.7. The van der Waals surface area contributed by atoms with Crippen LogP contribution in [-0.2, 0) is 14.4 Å². The first-order valence-corrected chi connectivity index (χ1v) is 11.7. The molecule has 3 rings (SSSR count). The number of likely N-dealkylation sites (tertiary alicyclic amines) is 1. The van der Waals surface area contributed by atoms with Gasteiger partial charge in [0.1, 0.15) is 12.4 Å². The van der Waals surface area contributed by atoms with Crippen molar-refractivity contribution >= 4 is 23.4 Å². The van der Waals surface area contributed by atoms with E-state index in [2.05, 4.69) is 12.2 Å². The van der Waals surface area contributed by atoms with E-state index < -0.39 is 0 Å². The number of para-hydroxylation sites is 2. The van der Waals surface area contributed by atoms with Gasteiger partial charge in [0.25, 0.3) is 0 Å². The van der Waals surface area contributed by atoms with E-state index in [-0.39, 0.29) is 36.5 Å². The molecule has 1 aromatic rings. The monoisotopic (exact) mass is 429 g/mol. The zero-order chi connectivity index (χ0) is 22.1. The molecule has 1 fully saturated rings. The highest BCUT2D eigenvalue weighted by Gasteiger charge is 2.29. The standard InChI is InChI=1S/C24H35N3O4/c1-2-3-4-7-14-25-24(30)19-9-8-15-26(18-19)22(28)12-13-23(29)27-16-17-31-21-11-6-5-10-20(21)27/h5-6,10-11,19H,2-4,7-9,12-18H2,1H3,(H,25,30). The van der Waals surface area contributed by atoms with Crippen molar-refractivity contribution in [2.45, 2.75) is 58.3 Å². The molecule has 2 aliphatic rings. The number of carbonyl (C=O) groups is 3. The zero-order valence-electron chi connectivity index (χ0n) is 18.6. The average molecular weight is 430 g/mol. The first-order chi connectivity index (χ1) is 15.1. The van der Waals surface area contributed by atoms with E-state index in [0.29, 0.717) is 38.5 Å². The van der Waals surface area contributed by atoms with E-state index >= 15 is 0 Å². The minimum atomic E-state index is -0.148. The number of fused-ring (bicyclic) bond motifs is 1. The number of anilines is 1. The first-order valence-electron chi connectivity index (χ1n) is 11.7. The summed E-state index contributed by atoms with van der Waals surface area (Å²) in [5.41, 5.74) is 0.764. The summed E-state index contributed by atoms with van der Waals surface area (Å²) in [5.74, 6) is 0.492. The Morgan fingerprint density at radius 3 is 2.71 bits per heavy atom. The van der Waals surface area contributed by atoms with E-state index in [0.717, 1.165) is 31.4 Å². The third kappa shape index (κ3) is 6.45. The second-order valence-corrected chi connectivity index (χ2v) is 8.39. The van der Waals surface area contributed by atoms with Crippen LogP contribution in [0.4, 0.5) is 5.69 Å². The van der Waals surface area contributed by atoms with Gasteiger partial charge in [-0.2, -0.15) is 0 Å². The molecule has 7 nitrogen and oxygen atoms in total. The van der Waals surface area contributed by atoms with E-state index in [1.807, 2.05) is 24.3 Å². The second-order valence-electron chi connectivity index (χ2n) is 8.39. The number of carbonyl (C=O) groups excluding carboxylic acids is 3. The van der Waals surface area contributed by atoms with Crippen molar-refractivity contribution in [3.63, 3.8) is 0 Å². The number of rotatable bonds is 9. The fourth-order valence-corrected chi connectivity index (χ4v) is 4.26. The normalized spacial score (nSPS) is 18.2. The van der Waals surface area contributed by atoms with Gasteiger partial charge >= 0.3 is 0 Å². The number of hydrogen-bond donors (Lipinski definition) is 1. The molecule has 0 aromatic heterocycles. The molecule has 31 heavy (non-hydrogen) atoms. The molecule has 0 radical (unpaired) electrons. The third-order valence-corrected chi connectivity index (χ3v) is 6.06. The van der Waals surface area contributed by atoms with Gasteiger partial charge in [-0.05, 0) is 31.4 Å². The lowest BCUT2D eigenvalue weighted by Crippen LogP contribution is -2.46. The second kappa shape index (κ2) is 11.7. The molecule has 2 aliphatic heterocycles. The van der Waals surface area contributed by atoms with Gasteiger partial charge in [0, 0.05) is 32.5 Å². The van der Waals surface area contributed by atoms with Gasteiger partial charge in [0.15, 0.2) is 0 Å². The summed E-state index contributed by atoms with van der Waals surface area (Å²) < 4.78 is 5.60. The van der Waals surface area contributed by atoms with Crippen molar-refractivity contribution in [3.8, 4) is 5.75 Å². The minimum absolute atomic E-state index is 0.0460. The largest absolute Gasteiger partial charge is 0.490 e. The Bertz CT molecular complexity index is 767. The molecule has 1 aromatic carbocycles. The molecule has 0 aliphatic carbocycles. The molecule has 7 heteroatoms. The fourth-order valence-electron chi connectivity index (χ4n) is 4.26. The summed E-state index contributed by atoms with van der Waals surface area (Å²) in [6.07, 6.45) is 6.47. The minimum Gasteiger partial charge on any atom is -0.490 e. The number of hydrogen-bond acceptors (Lipinski definition) is 4. The van der Waals surface area contributed by atoms with Gasteiger partial charge in [-0.1, -0.05) is 38.3 Å². The van der Waals surface area contributed by atoms with Crippen LogP contribution in [0, 0.1) is 5.92 Å². The lowest BCUT2D eigenvalue weighted by molar-refractivity contribution is -0.137. The molecule has 3 amide bonds. The molecule has 1 saturated heterocycles. The van der Waals surface area contributed by atoms with Crippen LogP contribution in [0.25, 0.3) is 0 Å². The summed E-state index contributed by atoms with van der Waals surface area (Å²) in [7, 11) is 0. The molecular formula is C24H35N3O4. The van der Waals surface area contributed by atoms with Crippen molar-refractivity contribution in [1.82, 2.24) is 10.2 Å². The third-order valence-electron chi connectivity index (χ3n) is 6.06. The van der Waals surface area contributed by atoms with Gasteiger partial charge in [-0.25, -0.2) is 0 Å². The van der Waals surface area contributed by atoms with Crippen molar-refractivity contribution in [2.75, 3.05) is 37.7 Å². The van der Waals surface area contributed by atoms with Crippen LogP contribution in [0.3, 0.4) is 0 Å². The fraction of sp³-hybridized carbons (Fsp3) is 0.625. The highest BCUT2D eigenvalue weighted by atomic mass is 16.5. The Morgan fingerprint density at radius 2 is 1.87 bits per heavy atom. The number of benzene rings is 1. The highest BCUT2D eigenvalue weighted by molar-refractivity contribution is 5.97. The van der Waals surface area contributed by atoms with E-state index in [9.17, 15) is 14.4 Å². The number of ether oxygens (including phenoxy) is 1. The van der Waals surface area contributed by atoms with Crippen molar-refractivity contribution in [1.29, 1.82) is 0 Å². The Hall–Kier alpha value is -2.57. The lowest BCUT2D eigenvalue weighted by atomic mass is 9.96. The van der Waals surface area contributed by atoms with Gasteiger partial charge in [0.2, 0.25) is 17.7 Å². The quantitative estimate of drug-likeness (QED) is 0.612. The summed E-state index contributed by atoms with van der Waals surface area (Å²) in [5, 5.41) is 3.02. The number of unbranched alkanes of at least 4 members (excludes halogenated alkanes) is 3. The average Bonchev–Trinajstić information content (AvgIpc) is 2.81. The van der Waals surface area contributed by atoms with Crippen LogP contribution >= 0.6 is 0 Å². The van der Waals surface area contributed by atoms with Crippen LogP contribution in [0.5, 0.6) is 5.75 Å². The predicted octanol–water partition coefficient (Wildman–Crippen LogP) is 3.13. The van der Waals surface area contributed by atoms with Crippen molar-refractivity contribution in [3.05, 3.63) is 24.3 Å². The van der Waals surface area contributed by atoms with E-state index in [1.165, 1.54) is 12.8 Å². The maximum atomic E-state index is 12.7. The first kappa shape index (κ1) is 23.1. The number of nitrogens with zero attached hydrogens (tertiary/aromatic N) is 2. The maximum Gasteiger partial charge on any atom is 0.227 e. The Labute approximate surface area is 185 Å². The van der Waals surface area contributed by atoms with Crippen molar-refractivity contribution in [2.24, 2.45) is 5.92 Å². The van der Waals surface area contributed by atoms with Crippen LogP contribution in [0.2, 0.25) is 0 Å². The zero-order valence-corrected chi connectivity index (χ0v) is 18.6. The van der Waals surface area contributed by atoms with Crippen LogP contribution in [0.15, 0.2) is 24.3 Å². The Kier molecular flexibility index (Phi) is 8.74. The predicted molar refractivity (Wildman–Crippen MR) is 120 cm³/mol. The van der Waals surface area contributed by atoms with E-state index in [4.69, 9.17) is 4.74 Å². The van der Waals surface area contributed by atoms with Crippen LogP contribution in [-0.4, -0.2) is 55.4 Å². The highest BCUT2D eigenvalue weighted by Crippen LogP contribution is 2.31. The molecule has 0 spiro atoms. The smallest absolute Gasteiger partial charge is 0.227 e. The summed E-state index contributed by atoms with van der Waals surface area (Å²) in [4.78, 5) is 41.4. The summed E-state index contributed by atoms with van der Waals surface area (Å²) in [6, 6.07) is 7.47. The Balaban J connectivity index is 1.44. The SMILES string of the molecule is CCCCCCNC(=O)C1CCCN(C(=O)CCC(=O)N2CCOc3ccccc32)C1. The Morgan fingerprint density at radius 1 is 1.06 bits per heavy atom. The number of piperidine rings is 1. The van der Waals surface area contributed by atoms with Crippen LogP contribution in [0.1, 0.15) is 58.3 Å². The van der Waals surface area contributed by atoms with Gasteiger partial charge < -0.3 is 19.9 Å². The molecule has 170 valence electrons. The lowest BCUT2D eigenvalue weighted by Gasteiger charge is -2.33.